The van der Waals surface area contributed by atoms with Gasteiger partial charge in [-0.2, -0.15) is 0 Å². The van der Waals surface area contributed by atoms with Crippen molar-refractivity contribution in [2.24, 2.45) is 5.92 Å². The van der Waals surface area contributed by atoms with Gasteiger partial charge >= 0.3 is 5.97 Å². The molecule has 1 aliphatic carbocycles. The van der Waals surface area contributed by atoms with Crippen molar-refractivity contribution in [3.63, 3.8) is 0 Å². The maximum Gasteiger partial charge on any atom is 0.335 e. The zero-order chi connectivity index (χ0) is 24.7. The molecule has 1 amide bonds. The maximum absolute atomic E-state index is 13.7. The molecular weight excluding hydrogens is 442 g/mol. The number of carbonyl (C=O) groups excluding carboxylic acids is 1. The quantitative estimate of drug-likeness (QED) is 0.485. The van der Waals surface area contributed by atoms with Crippen LogP contribution in [0.1, 0.15) is 85.8 Å². The van der Waals surface area contributed by atoms with Gasteiger partial charge in [-0.3, -0.25) is 4.79 Å². The molecule has 6 heteroatoms. The molecule has 1 saturated carbocycles. The summed E-state index contributed by atoms with van der Waals surface area (Å²) in [6.45, 7) is 3.69. The fraction of sp³-hybridized carbons (Fsp3) is 0.517. The first kappa shape index (κ1) is 25.2. The summed E-state index contributed by atoms with van der Waals surface area (Å²) in [4.78, 5) is 24.9. The lowest BCUT2D eigenvalue weighted by Crippen LogP contribution is -2.48. The van der Waals surface area contributed by atoms with Gasteiger partial charge in [-0.25, -0.2) is 4.79 Å². The van der Waals surface area contributed by atoms with Gasteiger partial charge in [0.05, 0.1) is 23.6 Å². The minimum absolute atomic E-state index is 0.0324. The van der Waals surface area contributed by atoms with E-state index in [1.54, 1.807) is 24.3 Å². The van der Waals surface area contributed by atoms with Crippen molar-refractivity contribution in [2.75, 3.05) is 19.8 Å². The third-order valence-corrected chi connectivity index (χ3v) is 7.69. The van der Waals surface area contributed by atoms with Gasteiger partial charge in [-0.15, -0.1) is 0 Å². The minimum atomic E-state index is -0.963. The minimum Gasteiger partial charge on any atom is -0.494 e. The monoisotopic (exact) mass is 479 g/mol. The van der Waals surface area contributed by atoms with Crippen LogP contribution in [-0.4, -0.2) is 36.8 Å². The van der Waals surface area contributed by atoms with Crippen LogP contribution in [0.2, 0.25) is 0 Å². The zero-order valence-corrected chi connectivity index (χ0v) is 20.6. The highest BCUT2D eigenvalue weighted by atomic mass is 16.5. The molecule has 1 heterocycles. The number of hydrogen-bond acceptors (Lipinski definition) is 4. The molecule has 1 saturated heterocycles. The molecular formula is C29H37NO5. The molecule has 1 atom stereocenters. The van der Waals surface area contributed by atoms with Crippen molar-refractivity contribution < 1.29 is 24.2 Å². The van der Waals surface area contributed by atoms with Gasteiger partial charge in [0.1, 0.15) is 5.75 Å². The average Bonchev–Trinajstić information content (AvgIpc) is 2.90. The number of aromatic carboxylic acids is 1. The predicted molar refractivity (Wildman–Crippen MR) is 135 cm³/mol. The fourth-order valence-corrected chi connectivity index (χ4v) is 5.40. The number of rotatable bonds is 9. The number of carbonyl (C=O) groups is 2. The van der Waals surface area contributed by atoms with Crippen molar-refractivity contribution in [2.45, 2.75) is 69.7 Å². The van der Waals surface area contributed by atoms with Crippen LogP contribution in [0.15, 0.2) is 48.5 Å². The highest BCUT2D eigenvalue weighted by Gasteiger charge is 2.42. The number of carboxylic acids is 1. The third kappa shape index (κ3) is 6.23. The molecule has 2 fully saturated rings. The van der Waals surface area contributed by atoms with E-state index >= 15 is 0 Å². The Bertz CT molecular complexity index is 990. The molecule has 35 heavy (non-hydrogen) atoms. The van der Waals surface area contributed by atoms with Crippen LogP contribution >= 0.6 is 0 Å². The normalized spacial score (nSPS) is 19.0. The zero-order valence-electron chi connectivity index (χ0n) is 20.6. The van der Waals surface area contributed by atoms with E-state index in [1.807, 2.05) is 31.2 Å². The number of amides is 1. The van der Waals surface area contributed by atoms with Crippen molar-refractivity contribution in [3.8, 4) is 5.75 Å². The van der Waals surface area contributed by atoms with Crippen molar-refractivity contribution in [3.05, 3.63) is 65.2 Å². The molecule has 2 N–H and O–H groups in total. The second-order valence-corrected chi connectivity index (χ2v) is 9.99. The lowest BCUT2D eigenvalue weighted by Gasteiger charge is -2.37. The first-order chi connectivity index (χ1) is 17.0. The van der Waals surface area contributed by atoms with Crippen LogP contribution in [-0.2, 0) is 14.9 Å². The molecule has 1 aliphatic heterocycles. The molecule has 0 radical (unpaired) electrons. The Labute approximate surface area is 208 Å². The van der Waals surface area contributed by atoms with Crippen LogP contribution < -0.4 is 10.1 Å². The second-order valence-electron chi connectivity index (χ2n) is 9.99. The maximum atomic E-state index is 13.7. The van der Waals surface area contributed by atoms with Crippen LogP contribution in [0.25, 0.3) is 0 Å². The van der Waals surface area contributed by atoms with Crippen molar-refractivity contribution in [1.82, 2.24) is 5.32 Å². The Hall–Kier alpha value is -2.86. The van der Waals surface area contributed by atoms with E-state index in [-0.39, 0.29) is 17.5 Å². The molecule has 0 spiro atoms. The molecule has 2 aromatic carbocycles. The Morgan fingerprint density at radius 3 is 2.49 bits per heavy atom. The van der Waals surface area contributed by atoms with Crippen LogP contribution in [0.3, 0.4) is 0 Å². The number of hydrogen-bond donors (Lipinski definition) is 2. The summed E-state index contributed by atoms with van der Waals surface area (Å²) in [6.07, 6.45) is 8.95. The van der Waals surface area contributed by atoms with E-state index in [9.17, 15) is 9.59 Å². The number of ether oxygens (including phenoxy) is 2. The van der Waals surface area contributed by atoms with Crippen molar-refractivity contribution >= 4 is 11.9 Å². The molecule has 0 unspecified atom stereocenters. The summed E-state index contributed by atoms with van der Waals surface area (Å²) >= 11 is 0. The lowest BCUT2D eigenvalue weighted by molar-refractivity contribution is -0.131. The SMILES string of the molecule is C[C@H](NC(=O)C1(c2cccc(OCCC3CCCCC3)c2)CCOCC1)c1ccc(C(=O)O)cc1. The van der Waals surface area contributed by atoms with Crippen molar-refractivity contribution in [1.29, 1.82) is 0 Å². The Kier molecular flexibility index (Phi) is 8.45. The van der Waals surface area contributed by atoms with Crippen LogP contribution in [0, 0.1) is 5.92 Å². The summed E-state index contributed by atoms with van der Waals surface area (Å²) in [5.74, 6) is 0.588. The molecule has 0 aromatic heterocycles. The molecule has 188 valence electrons. The first-order valence-corrected chi connectivity index (χ1v) is 12.9. The van der Waals surface area contributed by atoms with Gasteiger partial charge < -0.3 is 19.9 Å². The van der Waals surface area contributed by atoms with Gasteiger partial charge in [0.2, 0.25) is 5.91 Å². The Morgan fingerprint density at radius 2 is 1.80 bits per heavy atom. The smallest absolute Gasteiger partial charge is 0.335 e. The standard InChI is InChI=1S/C29H37NO5/c1-21(23-10-12-24(13-11-23)27(31)32)30-28(33)29(15-18-34-19-16-29)25-8-5-9-26(20-25)35-17-14-22-6-3-2-4-7-22/h5,8-13,20-22H,2-4,6-7,14-19H2,1H3,(H,30,33)(H,31,32)/t21-/m0/s1. The molecule has 2 aromatic rings. The van der Waals surface area contributed by atoms with E-state index in [0.29, 0.717) is 32.7 Å². The first-order valence-electron chi connectivity index (χ1n) is 12.9. The van der Waals surface area contributed by atoms with Gasteiger partial charge in [0.25, 0.3) is 0 Å². The number of benzene rings is 2. The van der Waals surface area contributed by atoms with Crippen LogP contribution in [0.5, 0.6) is 5.75 Å². The molecule has 6 nitrogen and oxygen atoms in total. The number of nitrogens with one attached hydrogen (secondary N) is 1. The number of carboxylic acid groups (broad SMARTS) is 1. The topological polar surface area (TPSA) is 84.9 Å². The van der Waals surface area contributed by atoms with E-state index < -0.39 is 11.4 Å². The molecule has 4 rings (SSSR count). The van der Waals surface area contributed by atoms with Crippen LogP contribution in [0.4, 0.5) is 0 Å². The Balaban J connectivity index is 1.45. The third-order valence-electron chi connectivity index (χ3n) is 7.69. The predicted octanol–water partition coefficient (Wildman–Crippen LogP) is 5.66. The van der Waals surface area contributed by atoms with Gasteiger partial charge in [-0.05, 0) is 67.5 Å². The second kappa shape index (κ2) is 11.7. The largest absolute Gasteiger partial charge is 0.494 e. The van der Waals surface area contributed by atoms with E-state index in [0.717, 1.165) is 29.2 Å². The molecule has 2 aliphatic rings. The summed E-state index contributed by atoms with van der Waals surface area (Å²) in [7, 11) is 0. The Morgan fingerprint density at radius 1 is 1.09 bits per heavy atom. The highest BCUT2D eigenvalue weighted by molar-refractivity contribution is 5.89. The van der Waals surface area contributed by atoms with Gasteiger partial charge in [0, 0.05) is 13.2 Å². The van der Waals surface area contributed by atoms with E-state index in [2.05, 4.69) is 5.32 Å². The highest BCUT2D eigenvalue weighted by Crippen LogP contribution is 2.37. The fourth-order valence-electron chi connectivity index (χ4n) is 5.40. The lowest BCUT2D eigenvalue weighted by atomic mass is 9.73. The van der Waals surface area contributed by atoms with E-state index in [4.69, 9.17) is 14.6 Å². The van der Waals surface area contributed by atoms with Gasteiger partial charge in [0.15, 0.2) is 0 Å². The summed E-state index contributed by atoms with van der Waals surface area (Å²) in [6, 6.07) is 14.4. The van der Waals surface area contributed by atoms with E-state index in [1.165, 1.54) is 32.1 Å². The summed E-state index contributed by atoms with van der Waals surface area (Å²) in [5.41, 5.74) is 1.37. The van der Waals surface area contributed by atoms with Gasteiger partial charge in [-0.1, -0.05) is 56.4 Å². The average molecular weight is 480 g/mol. The molecule has 0 bridgehead atoms. The summed E-state index contributed by atoms with van der Waals surface area (Å²) < 4.78 is 11.8. The summed E-state index contributed by atoms with van der Waals surface area (Å²) in [5, 5.41) is 12.3.